The number of nitrogens with two attached hydrogens (primary N) is 4. The number of nitrogens with zero attached hydrogens (tertiary/aromatic N) is 2. The monoisotopic (exact) mass is 1580 g/mol. The fourth-order valence-electron chi connectivity index (χ4n) is 13.0. The Labute approximate surface area is 647 Å². The van der Waals surface area contributed by atoms with Crippen molar-refractivity contribution in [3.63, 3.8) is 0 Å². The van der Waals surface area contributed by atoms with Gasteiger partial charge in [-0.15, -0.1) is 0 Å². The van der Waals surface area contributed by atoms with Crippen LogP contribution in [-0.2, 0) is 86.2 Å². The molecule has 39 heteroatoms. The summed E-state index contributed by atoms with van der Waals surface area (Å²) in [4.78, 5) is 229. The number of primary amides is 2. The molecular weight excluding hydrogens is 1460 g/mol. The highest BCUT2D eigenvalue weighted by Crippen LogP contribution is 2.28. The summed E-state index contributed by atoms with van der Waals surface area (Å²) in [5, 5.41) is 87.6. The van der Waals surface area contributed by atoms with Crippen LogP contribution in [0.4, 0.5) is 0 Å². The molecule has 1 unspecified atom stereocenters. The third-order valence-corrected chi connectivity index (χ3v) is 20.5. The van der Waals surface area contributed by atoms with E-state index in [4.69, 9.17) is 32.4 Å². The van der Waals surface area contributed by atoms with Crippen LogP contribution < -0.4 is 70.8 Å². The summed E-state index contributed by atoms with van der Waals surface area (Å²) in [5.41, 5.74) is 22.9. The molecule has 111 heavy (non-hydrogen) atoms. The maximum absolute atomic E-state index is 15.5. The number of fused-ring (bicyclic) bond motifs is 1. The molecular formula is C72H125N15O24. The Morgan fingerprint density at radius 3 is 1.76 bits per heavy atom. The number of methoxy groups -OCH3 is 1. The Kier molecular flexibility index (Phi) is 42.1. The lowest BCUT2D eigenvalue weighted by Crippen LogP contribution is -2.65. The van der Waals surface area contributed by atoms with Crippen LogP contribution in [0.15, 0.2) is 0 Å². The number of ether oxygens (including phenoxy) is 2. The number of carboxylic acid groups (broad SMARTS) is 2. The predicted molar refractivity (Wildman–Crippen MR) is 398 cm³/mol. The molecule has 23 N–H and O–H groups in total. The van der Waals surface area contributed by atoms with Crippen molar-refractivity contribution in [3.8, 4) is 0 Å². The lowest BCUT2D eigenvalue weighted by molar-refractivity contribution is -0.168. The zero-order chi connectivity index (χ0) is 84.8. The van der Waals surface area contributed by atoms with E-state index in [0.29, 0.717) is 6.42 Å². The standard InChI is InChI=1S/C72H125N15O24/c1-33(2)29-36(7)56(94)40(11)61(98)78-43(19-17-26-73)62(99)77-42(22-25-51(90)91)57(95)58(96)69(106)83-53(38(9)39(10)60(76)97)66(103)85-55-59(37(8)35(5)6)111-72(109)49-21-15-16-28-87(49)71(108)46(31-52(92)93)81-67(104)54(41(12)110-14)84-65(102)48(23-24-50(75)89)86(13)70(107)45(30-34(3)4)80-63(100)44(20-18-27-74)79-64(101)47(32-88)82-68(55)105/h33-49,53-59,88,94-96H,15-32,73-74H2,1-14H3,(H2,75,89)(H2,76,97)(H,77,99)(H,78,98)(H,79,101)(H,80,100)(H,81,104)(H,82,105)(H,83,106)(H,84,102)(H,85,103)(H,90,91)(H,92,93)/t36-,37-,38+,39-,40-,41-,42+,43-,44-,45+,46-,47?,48+,49+,53+,54+,55-,56-,57-,58-,59+/m1/s1. The fraction of sp³-hybridized carbons (Fsp3) is 0.778. The number of cyclic esters (lactones) is 1. The van der Waals surface area contributed by atoms with Crippen LogP contribution in [-0.4, -0.2) is 273 Å². The van der Waals surface area contributed by atoms with Crippen LogP contribution in [0.1, 0.15) is 173 Å². The minimum absolute atomic E-state index is 0.0133. The number of carbonyl (C=O) groups excluding carboxylic acids is 14. The van der Waals surface area contributed by atoms with Crippen molar-refractivity contribution in [1.29, 1.82) is 0 Å². The van der Waals surface area contributed by atoms with Gasteiger partial charge in [0, 0.05) is 39.5 Å². The lowest BCUT2D eigenvalue weighted by atomic mass is 9.85. The van der Waals surface area contributed by atoms with Gasteiger partial charge in [0.05, 0.1) is 37.2 Å². The van der Waals surface area contributed by atoms with E-state index in [1.807, 2.05) is 13.8 Å². The average Bonchev–Trinajstić information content (AvgIpc) is 0.811. The van der Waals surface area contributed by atoms with Crippen LogP contribution in [0, 0.1) is 47.3 Å². The van der Waals surface area contributed by atoms with E-state index >= 15 is 19.2 Å². The number of hydrogen-bond donors (Lipinski definition) is 19. The number of aliphatic hydroxyl groups is 4. The van der Waals surface area contributed by atoms with E-state index in [1.54, 1.807) is 34.6 Å². The quantitative estimate of drug-likeness (QED) is 0.0258. The zero-order valence-corrected chi connectivity index (χ0v) is 66.3. The average molecular weight is 1580 g/mol. The van der Waals surface area contributed by atoms with Gasteiger partial charge in [-0.25, -0.2) is 4.79 Å². The number of piperidine rings is 1. The molecule has 39 nitrogen and oxygen atoms in total. The third-order valence-electron chi connectivity index (χ3n) is 20.5. The number of hydrogen-bond acceptors (Lipinski definition) is 24. The SMILES string of the molecule is CO[C@H](C)[C@@H]1NC(=O)[C@H](CCC(N)=O)N(C)C(=O)[C@H](CC(C)C)NC(=O)[C@@H](CCCN)NC(=O)C(CO)NC(=O)[C@H](NC(=O)[C@@H](NC(=O)[C@H](O)[C@H](O)[C@H](CCC(=O)O)NC(=O)[C@@H](CCCN)NC(=O)[C@H](C)[C@H](O)[C@H](C)CC(C)C)[C@@H](C)[C@@H](C)C(N)=O)[C@H]([C@H](C)C(C)C)OC(=O)[C@@H]2CCCCN2C(=O)[C@@H](CC(=O)O)NC1=O. The van der Waals surface area contributed by atoms with Crippen LogP contribution >= 0.6 is 0 Å². The number of nitrogens with one attached hydrogen (secondary N) is 9. The van der Waals surface area contributed by atoms with Crippen molar-refractivity contribution < 1.29 is 117 Å². The molecule has 0 saturated carbocycles. The Morgan fingerprint density at radius 1 is 0.622 bits per heavy atom. The minimum Gasteiger partial charge on any atom is -0.481 e. The van der Waals surface area contributed by atoms with Crippen molar-refractivity contribution in [2.75, 3.05) is 40.4 Å². The zero-order valence-electron chi connectivity index (χ0n) is 66.3. The highest BCUT2D eigenvalue weighted by Gasteiger charge is 2.48. The third kappa shape index (κ3) is 30.7. The highest BCUT2D eigenvalue weighted by molar-refractivity contribution is 6.00. The maximum atomic E-state index is 15.5. The second-order valence-electron chi connectivity index (χ2n) is 30.4. The summed E-state index contributed by atoms with van der Waals surface area (Å²) < 4.78 is 11.7. The van der Waals surface area contributed by atoms with Crippen LogP contribution in [0.3, 0.4) is 0 Å². The molecule has 2 saturated heterocycles. The summed E-state index contributed by atoms with van der Waals surface area (Å²) in [6.45, 7) is 17.1. The molecule has 2 fully saturated rings. The lowest BCUT2D eigenvalue weighted by Gasteiger charge is -2.39. The van der Waals surface area contributed by atoms with E-state index < -0.39 is 266 Å². The Morgan fingerprint density at radius 2 is 1.22 bits per heavy atom. The minimum atomic E-state index is -2.73. The number of carboxylic acids is 2. The van der Waals surface area contributed by atoms with Gasteiger partial charge in [-0.05, 0) is 126 Å². The molecule has 21 atom stereocenters. The van der Waals surface area contributed by atoms with Gasteiger partial charge in [-0.3, -0.25) is 71.9 Å². The predicted octanol–water partition coefficient (Wildman–Crippen LogP) is -4.91. The molecule has 13 amide bonds. The van der Waals surface area contributed by atoms with Crippen LogP contribution in [0.5, 0.6) is 0 Å². The smallest absolute Gasteiger partial charge is 0.329 e. The summed E-state index contributed by atoms with van der Waals surface area (Å²) in [6, 6.07) is -20.3. The van der Waals surface area contributed by atoms with Gasteiger partial charge in [-0.2, -0.15) is 0 Å². The van der Waals surface area contributed by atoms with Crippen LogP contribution in [0.2, 0.25) is 0 Å². The number of esters is 1. The maximum Gasteiger partial charge on any atom is 0.329 e. The Balaban J connectivity index is 3.13. The van der Waals surface area contributed by atoms with Crippen molar-refractivity contribution in [2.24, 2.45) is 70.3 Å². The number of carbonyl (C=O) groups is 16. The van der Waals surface area contributed by atoms with E-state index in [9.17, 15) is 88.2 Å². The number of rotatable bonds is 38. The second-order valence-corrected chi connectivity index (χ2v) is 30.4. The highest BCUT2D eigenvalue weighted by atomic mass is 16.5. The van der Waals surface area contributed by atoms with Gasteiger partial charge < -0.3 is 121 Å². The molecule has 0 aromatic carbocycles. The van der Waals surface area contributed by atoms with Crippen molar-refractivity contribution in [2.45, 2.75) is 270 Å². The summed E-state index contributed by atoms with van der Waals surface area (Å²) in [5.74, 6) is -26.0. The molecule has 0 bridgehead atoms. The number of aliphatic hydroxyl groups excluding tert-OH is 4. The normalized spacial score (nSPS) is 24.4. The molecule has 0 aromatic rings. The molecule has 2 heterocycles. The van der Waals surface area contributed by atoms with Crippen molar-refractivity contribution in [1.82, 2.24) is 57.7 Å². The van der Waals surface area contributed by atoms with E-state index in [0.717, 1.165) is 24.0 Å². The van der Waals surface area contributed by atoms with Crippen molar-refractivity contribution in [3.05, 3.63) is 0 Å². The number of amides is 13. The van der Waals surface area contributed by atoms with Gasteiger partial charge in [0.2, 0.25) is 70.9 Å². The summed E-state index contributed by atoms with van der Waals surface area (Å²) in [7, 11) is 2.30. The van der Waals surface area contributed by atoms with Gasteiger partial charge >= 0.3 is 17.9 Å². The fourth-order valence-corrected chi connectivity index (χ4v) is 13.0. The second kappa shape index (κ2) is 47.6. The van der Waals surface area contributed by atoms with Gasteiger partial charge in [0.1, 0.15) is 72.6 Å². The van der Waals surface area contributed by atoms with Gasteiger partial charge in [0.15, 0.2) is 6.10 Å². The van der Waals surface area contributed by atoms with Gasteiger partial charge in [-0.1, -0.05) is 76.2 Å². The first-order valence-corrected chi connectivity index (χ1v) is 37.9. The van der Waals surface area contributed by atoms with E-state index in [-0.39, 0.29) is 82.8 Å². The summed E-state index contributed by atoms with van der Waals surface area (Å²) in [6.07, 6.45) is -13.0. The largest absolute Gasteiger partial charge is 0.481 e. The molecule has 2 aliphatic rings. The number of aliphatic carboxylic acids is 2. The van der Waals surface area contributed by atoms with E-state index in [1.165, 1.54) is 34.6 Å². The Hall–Kier alpha value is -8.76. The summed E-state index contributed by atoms with van der Waals surface area (Å²) >= 11 is 0. The topological polar surface area (TPSA) is 632 Å². The Bertz CT molecular complexity index is 3180. The molecule has 2 rings (SSSR count). The van der Waals surface area contributed by atoms with Crippen LogP contribution in [0.25, 0.3) is 0 Å². The molecule has 0 aromatic heterocycles. The number of likely N-dealkylation sites (N-methyl/N-ethyl adjacent to an activating group) is 1. The first-order valence-electron chi connectivity index (χ1n) is 37.9. The van der Waals surface area contributed by atoms with Crippen molar-refractivity contribution >= 4 is 94.7 Å². The first-order chi connectivity index (χ1) is 51.8. The molecule has 0 aliphatic carbocycles. The van der Waals surface area contributed by atoms with E-state index in [2.05, 4.69) is 47.9 Å². The molecule has 632 valence electrons. The molecule has 2 aliphatic heterocycles. The molecule has 0 spiro atoms. The first kappa shape index (κ1) is 98.3. The molecule has 0 radical (unpaired) electrons. The van der Waals surface area contributed by atoms with Gasteiger partial charge in [0.25, 0.3) is 5.91 Å².